The second-order valence-corrected chi connectivity index (χ2v) is 4.80. The lowest BCUT2D eigenvalue weighted by Gasteiger charge is -2.31. The molecule has 1 aliphatic heterocycles. The number of hydrogen-bond acceptors (Lipinski definition) is 3. The van der Waals surface area contributed by atoms with E-state index in [0.717, 1.165) is 30.9 Å². The molecule has 0 atom stereocenters. The van der Waals surface area contributed by atoms with Crippen molar-refractivity contribution in [3.05, 3.63) is 47.7 Å². The van der Waals surface area contributed by atoms with Crippen LogP contribution in [0.25, 0.3) is 0 Å². The normalized spacial score (nSPS) is 14.4. The van der Waals surface area contributed by atoms with Crippen molar-refractivity contribution in [2.75, 3.05) is 17.2 Å². The third-order valence-electron chi connectivity index (χ3n) is 3.43. The number of anilines is 3. The lowest BCUT2D eigenvalue weighted by molar-refractivity contribution is 0.759. The maximum atomic E-state index is 6.03. The molecule has 0 bridgehead atoms. The van der Waals surface area contributed by atoms with Crippen molar-refractivity contribution in [1.29, 1.82) is 0 Å². The van der Waals surface area contributed by atoms with Crippen LogP contribution in [-0.4, -0.2) is 11.5 Å². The minimum absolute atomic E-state index is 0.742. The summed E-state index contributed by atoms with van der Waals surface area (Å²) in [5.41, 5.74) is 10.7. The molecular weight excluding hydrogens is 222 g/mol. The van der Waals surface area contributed by atoms with Crippen molar-refractivity contribution >= 4 is 17.2 Å². The van der Waals surface area contributed by atoms with Crippen molar-refractivity contribution in [1.82, 2.24) is 4.98 Å². The molecule has 18 heavy (non-hydrogen) atoms. The number of rotatable bonds is 1. The van der Waals surface area contributed by atoms with Crippen LogP contribution in [0.3, 0.4) is 0 Å². The number of aromatic nitrogens is 1. The van der Waals surface area contributed by atoms with Gasteiger partial charge in [-0.05, 0) is 43.5 Å². The number of pyridine rings is 1. The number of nitrogen functional groups attached to an aromatic ring is 1. The Labute approximate surface area is 107 Å². The van der Waals surface area contributed by atoms with Crippen molar-refractivity contribution in [3.8, 4) is 0 Å². The highest BCUT2D eigenvalue weighted by molar-refractivity contribution is 5.73. The van der Waals surface area contributed by atoms with Gasteiger partial charge in [-0.1, -0.05) is 17.7 Å². The van der Waals surface area contributed by atoms with Gasteiger partial charge in [0, 0.05) is 18.4 Å². The Morgan fingerprint density at radius 2 is 2.17 bits per heavy atom. The summed E-state index contributed by atoms with van der Waals surface area (Å²) < 4.78 is 0. The Hall–Kier alpha value is -2.03. The van der Waals surface area contributed by atoms with Crippen molar-refractivity contribution in [3.63, 3.8) is 0 Å². The maximum Gasteiger partial charge on any atom is 0.156 e. The van der Waals surface area contributed by atoms with E-state index < -0.39 is 0 Å². The fourth-order valence-electron chi connectivity index (χ4n) is 2.58. The first kappa shape index (κ1) is 11.1. The molecule has 0 amide bonds. The Morgan fingerprint density at radius 3 is 3.00 bits per heavy atom. The van der Waals surface area contributed by atoms with Gasteiger partial charge >= 0.3 is 0 Å². The minimum atomic E-state index is 0.742. The zero-order chi connectivity index (χ0) is 12.5. The summed E-state index contributed by atoms with van der Waals surface area (Å²) in [4.78, 5) is 6.65. The first-order valence-electron chi connectivity index (χ1n) is 6.33. The molecule has 2 N–H and O–H groups in total. The molecule has 2 aromatic rings. The fourth-order valence-corrected chi connectivity index (χ4v) is 2.58. The summed E-state index contributed by atoms with van der Waals surface area (Å²) in [6.45, 7) is 3.12. The average Bonchev–Trinajstić information content (AvgIpc) is 2.38. The van der Waals surface area contributed by atoms with E-state index in [9.17, 15) is 0 Å². The highest BCUT2D eigenvalue weighted by Crippen LogP contribution is 2.35. The van der Waals surface area contributed by atoms with Crippen LogP contribution < -0.4 is 10.6 Å². The molecule has 1 aliphatic rings. The van der Waals surface area contributed by atoms with Crippen LogP contribution >= 0.6 is 0 Å². The lowest BCUT2D eigenvalue weighted by Crippen LogP contribution is -2.26. The maximum absolute atomic E-state index is 6.03. The summed E-state index contributed by atoms with van der Waals surface area (Å²) in [6.07, 6.45) is 4.08. The topological polar surface area (TPSA) is 42.2 Å². The molecule has 0 radical (unpaired) electrons. The SMILES string of the molecule is Cc1ccc2c(c1)CCCN2c1ncccc1N. The summed E-state index contributed by atoms with van der Waals surface area (Å²) in [5, 5.41) is 0. The smallest absolute Gasteiger partial charge is 0.156 e. The van der Waals surface area contributed by atoms with Gasteiger partial charge in [0.2, 0.25) is 0 Å². The molecule has 3 rings (SSSR count). The largest absolute Gasteiger partial charge is 0.396 e. The molecule has 1 aromatic heterocycles. The van der Waals surface area contributed by atoms with Gasteiger partial charge in [0.15, 0.2) is 5.82 Å². The van der Waals surface area contributed by atoms with Gasteiger partial charge in [-0.25, -0.2) is 4.98 Å². The molecule has 0 saturated carbocycles. The van der Waals surface area contributed by atoms with E-state index in [1.54, 1.807) is 6.20 Å². The highest BCUT2D eigenvalue weighted by Gasteiger charge is 2.20. The molecule has 2 heterocycles. The number of hydrogen-bond donors (Lipinski definition) is 1. The van der Waals surface area contributed by atoms with Crippen LogP contribution in [0.4, 0.5) is 17.2 Å². The number of fused-ring (bicyclic) bond motifs is 1. The second-order valence-electron chi connectivity index (χ2n) is 4.80. The van der Waals surface area contributed by atoms with Gasteiger partial charge in [0.05, 0.1) is 5.69 Å². The zero-order valence-electron chi connectivity index (χ0n) is 10.6. The monoisotopic (exact) mass is 239 g/mol. The molecule has 0 fully saturated rings. The van der Waals surface area contributed by atoms with E-state index in [2.05, 4.69) is 35.0 Å². The molecule has 0 spiro atoms. The minimum Gasteiger partial charge on any atom is -0.396 e. The molecule has 3 heteroatoms. The third kappa shape index (κ3) is 1.82. The van der Waals surface area contributed by atoms with E-state index in [-0.39, 0.29) is 0 Å². The number of benzene rings is 1. The van der Waals surface area contributed by atoms with E-state index in [1.165, 1.54) is 16.8 Å². The Bertz CT molecular complexity index is 578. The quantitative estimate of drug-likeness (QED) is 0.831. The molecule has 92 valence electrons. The molecular formula is C15H17N3. The second kappa shape index (κ2) is 4.33. The zero-order valence-corrected chi connectivity index (χ0v) is 10.6. The average molecular weight is 239 g/mol. The first-order valence-corrected chi connectivity index (χ1v) is 6.33. The standard InChI is InChI=1S/C15H17N3/c1-11-6-7-14-12(10-11)4-3-9-18(14)15-13(16)5-2-8-17-15/h2,5-8,10H,3-4,9,16H2,1H3. The Morgan fingerprint density at radius 1 is 1.28 bits per heavy atom. The predicted molar refractivity (Wildman–Crippen MR) is 75.2 cm³/mol. The number of nitrogens with two attached hydrogens (primary N) is 1. The lowest BCUT2D eigenvalue weighted by atomic mass is 9.99. The molecule has 3 nitrogen and oxygen atoms in total. The van der Waals surface area contributed by atoms with Crippen molar-refractivity contribution in [2.45, 2.75) is 19.8 Å². The Balaban J connectivity index is 2.09. The van der Waals surface area contributed by atoms with Gasteiger partial charge < -0.3 is 10.6 Å². The third-order valence-corrected chi connectivity index (χ3v) is 3.43. The summed E-state index contributed by atoms with van der Waals surface area (Å²) in [7, 11) is 0. The first-order chi connectivity index (χ1) is 8.75. The predicted octanol–water partition coefficient (Wildman–Crippen LogP) is 3.06. The van der Waals surface area contributed by atoms with Gasteiger partial charge in [-0.2, -0.15) is 0 Å². The van der Waals surface area contributed by atoms with Gasteiger partial charge in [-0.3, -0.25) is 0 Å². The fraction of sp³-hybridized carbons (Fsp3) is 0.267. The van der Waals surface area contributed by atoms with E-state index >= 15 is 0 Å². The highest BCUT2D eigenvalue weighted by atomic mass is 15.2. The number of aryl methyl sites for hydroxylation is 2. The van der Waals surface area contributed by atoms with Crippen LogP contribution in [0.2, 0.25) is 0 Å². The van der Waals surface area contributed by atoms with E-state index in [0.29, 0.717) is 0 Å². The molecule has 0 saturated heterocycles. The molecule has 1 aromatic carbocycles. The van der Waals surface area contributed by atoms with Crippen molar-refractivity contribution < 1.29 is 0 Å². The molecule has 0 unspecified atom stereocenters. The van der Waals surface area contributed by atoms with E-state index in [4.69, 9.17) is 5.73 Å². The summed E-state index contributed by atoms with van der Waals surface area (Å²) in [5.74, 6) is 0.877. The van der Waals surface area contributed by atoms with Crippen LogP contribution in [-0.2, 0) is 6.42 Å². The van der Waals surface area contributed by atoms with E-state index in [1.807, 2.05) is 12.1 Å². The number of nitrogens with zero attached hydrogens (tertiary/aromatic N) is 2. The molecule has 0 aliphatic carbocycles. The van der Waals surface area contributed by atoms with Gasteiger partial charge in [-0.15, -0.1) is 0 Å². The summed E-state index contributed by atoms with van der Waals surface area (Å²) >= 11 is 0. The van der Waals surface area contributed by atoms with Crippen LogP contribution in [0.5, 0.6) is 0 Å². The van der Waals surface area contributed by atoms with Crippen molar-refractivity contribution in [2.24, 2.45) is 0 Å². The van der Waals surface area contributed by atoms with Gasteiger partial charge in [0.25, 0.3) is 0 Å². The van der Waals surface area contributed by atoms with Gasteiger partial charge in [0.1, 0.15) is 0 Å². The summed E-state index contributed by atoms with van der Waals surface area (Å²) in [6, 6.07) is 10.4. The van der Waals surface area contributed by atoms with Crippen LogP contribution in [0.1, 0.15) is 17.5 Å². The van der Waals surface area contributed by atoms with Crippen LogP contribution in [0.15, 0.2) is 36.5 Å². The van der Waals surface area contributed by atoms with Crippen LogP contribution in [0, 0.1) is 6.92 Å². The Kier molecular flexibility index (Phi) is 2.67.